The van der Waals surface area contributed by atoms with Gasteiger partial charge in [-0.15, -0.1) is 21.5 Å². The van der Waals surface area contributed by atoms with Gasteiger partial charge in [0.1, 0.15) is 5.75 Å². The van der Waals surface area contributed by atoms with Crippen LogP contribution in [0, 0.1) is 12.8 Å². The van der Waals surface area contributed by atoms with Gasteiger partial charge < -0.3 is 14.6 Å². The number of nitrogens with one attached hydrogen (secondary N) is 1. The lowest BCUT2D eigenvalue weighted by molar-refractivity contribution is 0.399. The van der Waals surface area contributed by atoms with Crippen LogP contribution in [0.3, 0.4) is 0 Å². The van der Waals surface area contributed by atoms with E-state index in [9.17, 15) is 0 Å². The lowest BCUT2D eigenvalue weighted by atomic mass is 9.81. The Labute approximate surface area is 199 Å². The number of thiazole rings is 1. The third-order valence-electron chi connectivity index (χ3n) is 6.22. The largest absolute Gasteiger partial charge is 0.497 e. The summed E-state index contributed by atoms with van der Waals surface area (Å²) in [4.78, 5) is 5.42. The first-order chi connectivity index (χ1) is 15.7. The predicted octanol–water partition coefficient (Wildman–Crippen LogP) is 4.91. The summed E-state index contributed by atoms with van der Waals surface area (Å²) >= 11 is 3.40. The maximum absolute atomic E-state index is 5.40. The van der Waals surface area contributed by atoms with Gasteiger partial charge in [0.25, 0.3) is 0 Å². The van der Waals surface area contributed by atoms with Crippen LogP contribution < -0.4 is 10.1 Å². The van der Waals surface area contributed by atoms with E-state index in [1.54, 1.807) is 30.2 Å². The van der Waals surface area contributed by atoms with Crippen LogP contribution in [-0.4, -0.2) is 45.7 Å². The van der Waals surface area contributed by atoms with Crippen LogP contribution >= 0.6 is 23.1 Å². The molecule has 0 saturated carbocycles. The third-order valence-corrected chi connectivity index (χ3v) is 8.25. The molecule has 0 amide bonds. The normalized spacial score (nSPS) is 15.7. The van der Waals surface area contributed by atoms with Crippen LogP contribution in [0.15, 0.2) is 28.9 Å². The molecule has 1 atom stereocenters. The van der Waals surface area contributed by atoms with E-state index < -0.39 is 0 Å². The summed E-state index contributed by atoms with van der Waals surface area (Å²) in [5.74, 6) is 3.75. The van der Waals surface area contributed by atoms with Crippen molar-refractivity contribution in [2.24, 2.45) is 13.0 Å². The highest BCUT2D eigenvalue weighted by Gasteiger charge is 2.19. The highest BCUT2D eigenvalue weighted by Crippen LogP contribution is 2.31. The van der Waals surface area contributed by atoms with Gasteiger partial charge in [-0.05, 0) is 87.7 Å². The topological polar surface area (TPSA) is 64.9 Å². The molecule has 3 aromatic rings. The van der Waals surface area contributed by atoms with Crippen LogP contribution in [0.4, 0.5) is 0 Å². The van der Waals surface area contributed by atoms with Crippen molar-refractivity contribution in [1.82, 2.24) is 25.1 Å². The molecule has 0 saturated heterocycles. The van der Waals surface area contributed by atoms with Crippen LogP contribution in [0.1, 0.15) is 42.5 Å². The van der Waals surface area contributed by atoms with Crippen molar-refractivity contribution in [3.05, 3.63) is 40.5 Å². The van der Waals surface area contributed by atoms with Crippen LogP contribution in [0.25, 0.3) is 10.7 Å². The minimum absolute atomic E-state index is 0.805. The Morgan fingerprint density at radius 3 is 2.91 bits per heavy atom. The maximum Gasteiger partial charge on any atom is 0.191 e. The van der Waals surface area contributed by atoms with Gasteiger partial charge in [-0.25, -0.2) is 4.98 Å². The summed E-state index contributed by atoms with van der Waals surface area (Å²) in [5.41, 5.74) is 5.88. The fraction of sp³-hybridized carbons (Fsp3) is 0.542. The average Bonchev–Trinajstić information content (AvgIpc) is 3.39. The number of aryl methyl sites for hydroxylation is 2. The Bertz CT molecular complexity index is 1020. The van der Waals surface area contributed by atoms with Crippen molar-refractivity contribution >= 4 is 23.1 Å². The second kappa shape index (κ2) is 11.3. The van der Waals surface area contributed by atoms with Gasteiger partial charge in [-0.1, -0.05) is 17.8 Å². The van der Waals surface area contributed by atoms with E-state index in [1.807, 2.05) is 19.5 Å². The summed E-state index contributed by atoms with van der Waals surface area (Å²) < 4.78 is 7.48. The van der Waals surface area contributed by atoms with Gasteiger partial charge in [-0.2, -0.15) is 0 Å². The van der Waals surface area contributed by atoms with Gasteiger partial charge in [-0.3, -0.25) is 0 Å². The summed E-state index contributed by atoms with van der Waals surface area (Å²) in [5, 5.41) is 13.3. The van der Waals surface area contributed by atoms with Gasteiger partial charge >= 0.3 is 0 Å². The van der Waals surface area contributed by atoms with E-state index in [0.717, 1.165) is 58.5 Å². The first-order valence-corrected chi connectivity index (χ1v) is 13.3. The lowest BCUT2D eigenvalue weighted by Gasteiger charge is -2.25. The maximum atomic E-state index is 5.40. The molecular weight excluding hydrogens is 438 g/mol. The summed E-state index contributed by atoms with van der Waals surface area (Å²) in [7, 11) is 3.79. The molecule has 8 heteroatoms. The molecule has 172 valence electrons. The Morgan fingerprint density at radius 1 is 1.22 bits per heavy atom. The molecule has 1 N–H and O–H groups in total. The van der Waals surface area contributed by atoms with E-state index in [4.69, 9.17) is 4.74 Å². The highest BCUT2D eigenvalue weighted by atomic mass is 32.2. The SMILES string of the molecule is COc1ccc2c(c1)CC(CCCNCCCSc1nnc(-c3scnc3C)n1C)CC2. The second-order valence-corrected chi connectivity index (χ2v) is 10.4. The fourth-order valence-electron chi connectivity index (χ4n) is 4.34. The standard InChI is InChI=1S/C24H33N5OS2/c1-17-22(32-16-26-17)23-27-28-24(29(23)2)31-13-5-12-25-11-4-6-18-7-8-19-9-10-21(30-3)15-20(19)14-18/h9-10,15-16,18,25H,4-8,11-14H2,1-3H3. The Morgan fingerprint density at radius 2 is 2.09 bits per heavy atom. The van der Waals surface area contributed by atoms with E-state index in [0.29, 0.717) is 0 Å². The van der Waals surface area contributed by atoms with Gasteiger partial charge in [0.05, 0.1) is 23.2 Å². The minimum Gasteiger partial charge on any atom is -0.497 e. The number of fused-ring (bicyclic) bond motifs is 1. The zero-order chi connectivity index (χ0) is 22.3. The molecule has 6 nitrogen and oxygen atoms in total. The third kappa shape index (κ3) is 5.71. The van der Waals surface area contributed by atoms with Crippen molar-refractivity contribution in [2.75, 3.05) is 26.0 Å². The summed E-state index contributed by atoms with van der Waals surface area (Å²) in [6.45, 7) is 4.17. The number of hydrogen-bond donors (Lipinski definition) is 1. The second-order valence-electron chi connectivity index (χ2n) is 8.47. The quantitative estimate of drug-likeness (QED) is 0.317. The number of rotatable bonds is 11. The molecular formula is C24H33N5OS2. The van der Waals surface area contributed by atoms with E-state index >= 15 is 0 Å². The predicted molar refractivity (Wildman–Crippen MR) is 133 cm³/mol. The van der Waals surface area contributed by atoms with Crippen molar-refractivity contribution in [3.63, 3.8) is 0 Å². The lowest BCUT2D eigenvalue weighted by Crippen LogP contribution is -2.20. The molecule has 32 heavy (non-hydrogen) atoms. The van der Waals surface area contributed by atoms with Crippen molar-refractivity contribution in [2.45, 2.75) is 50.6 Å². The Hall–Kier alpha value is -1.90. The molecule has 1 unspecified atom stereocenters. The monoisotopic (exact) mass is 471 g/mol. The fourth-order valence-corrected chi connectivity index (χ4v) is 6.01. The minimum atomic E-state index is 0.805. The molecule has 1 aliphatic carbocycles. The van der Waals surface area contributed by atoms with E-state index in [-0.39, 0.29) is 0 Å². The zero-order valence-corrected chi connectivity index (χ0v) is 20.9. The van der Waals surface area contributed by atoms with Gasteiger partial charge in [0, 0.05) is 12.8 Å². The summed E-state index contributed by atoms with van der Waals surface area (Å²) in [6.07, 6.45) is 7.40. The molecule has 1 aliphatic rings. The molecule has 2 heterocycles. The molecule has 0 spiro atoms. The van der Waals surface area contributed by atoms with Crippen LogP contribution in [0.5, 0.6) is 5.75 Å². The first kappa shape index (κ1) is 23.3. The summed E-state index contributed by atoms with van der Waals surface area (Å²) in [6, 6.07) is 6.56. The molecule has 2 aromatic heterocycles. The molecule has 0 fully saturated rings. The molecule has 4 rings (SSSR count). The number of methoxy groups -OCH3 is 1. The van der Waals surface area contributed by atoms with Crippen LogP contribution in [-0.2, 0) is 19.9 Å². The Kier molecular flexibility index (Phi) is 8.21. The van der Waals surface area contributed by atoms with Gasteiger partial charge in [0.2, 0.25) is 0 Å². The van der Waals surface area contributed by atoms with Gasteiger partial charge in [0.15, 0.2) is 11.0 Å². The molecule has 0 radical (unpaired) electrons. The molecule has 1 aromatic carbocycles. The highest BCUT2D eigenvalue weighted by molar-refractivity contribution is 7.99. The van der Waals surface area contributed by atoms with E-state index in [1.165, 1.54) is 43.2 Å². The van der Waals surface area contributed by atoms with Crippen LogP contribution in [0.2, 0.25) is 0 Å². The molecule has 0 aliphatic heterocycles. The Balaban J connectivity index is 1.10. The van der Waals surface area contributed by atoms with Crippen molar-refractivity contribution in [3.8, 4) is 16.5 Å². The average molecular weight is 472 g/mol. The number of ether oxygens (including phenoxy) is 1. The number of benzene rings is 1. The number of aromatic nitrogens is 4. The number of hydrogen-bond acceptors (Lipinski definition) is 7. The number of nitrogens with zero attached hydrogens (tertiary/aromatic N) is 4. The first-order valence-electron chi connectivity index (χ1n) is 11.4. The van der Waals surface area contributed by atoms with Crippen molar-refractivity contribution < 1.29 is 4.74 Å². The zero-order valence-electron chi connectivity index (χ0n) is 19.3. The number of thioether (sulfide) groups is 1. The van der Waals surface area contributed by atoms with E-state index in [2.05, 4.69) is 43.3 Å². The smallest absolute Gasteiger partial charge is 0.191 e. The molecule has 0 bridgehead atoms. The van der Waals surface area contributed by atoms with Crippen molar-refractivity contribution in [1.29, 1.82) is 0 Å².